The number of carbonyl (C=O) groups is 2. The topological polar surface area (TPSA) is 139 Å². The first-order chi connectivity index (χ1) is 24.4. The number of nitrogens with one attached hydrogen (secondary N) is 1. The van der Waals surface area contributed by atoms with Gasteiger partial charge in [0, 0.05) is 40.7 Å². The predicted molar refractivity (Wildman–Crippen MR) is 197 cm³/mol. The fraction of sp³-hybridized carbons (Fsp3) is 0.297. The molecule has 0 bridgehead atoms. The molecule has 0 saturated heterocycles. The third kappa shape index (κ3) is 8.99. The van der Waals surface area contributed by atoms with E-state index in [4.69, 9.17) is 27.9 Å². The molecular formula is C37H38Cl2N4O7S. The third-order valence-electron chi connectivity index (χ3n) is 8.92. The summed E-state index contributed by atoms with van der Waals surface area (Å²) in [6.07, 6.45) is 3.70. The maximum atomic E-state index is 14.8. The Morgan fingerprint density at radius 1 is 0.980 bits per heavy atom. The van der Waals surface area contributed by atoms with Gasteiger partial charge in [-0.3, -0.25) is 24.0 Å². The van der Waals surface area contributed by atoms with Crippen LogP contribution in [0.3, 0.4) is 0 Å². The molecular weight excluding hydrogens is 715 g/mol. The number of halogens is 2. The van der Waals surface area contributed by atoms with Crippen LogP contribution in [0.15, 0.2) is 95.9 Å². The summed E-state index contributed by atoms with van der Waals surface area (Å²) in [5.74, 6) is -1.03. The van der Waals surface area contributed by atoms with Crippen molar-refractivity contribution >= 4 is 56.4 Å². The summed E-state index contributed by atoms with van der Waals surface area (Å²) >= 11 is 12.9. The number of aryl methyl sites for hydroxylation is 1. The van der Waals surface area contributed by atoms with Crippen molar-refractivity contribution in [3.8, 4) is 5.75 Å². The molecule has 5 rings (SSSR count). The number of ether oxygens (including phenoxy) is 1. The number of hydrogen-bond acceptors (Lipinski definition) is 7. The number of amides is 2. The average molecular weight is 754 g/mol. The monoisotopic (exact) mass is 752 g/mol. The summed E-state index contributed by atoms with van der Waals surface area (Å²) in [6.45, 7) is 0.559. The highest BCUT2D eigenvalue weighted by atomic mass is 35.5. The second kappa shape index (κ2) is 16.6. The molecule has 1 fully saturated rings. The normalized spacial score (nSPS) is 13.7. The number of rotatable bonds is 14. The molecule has 0 unspecified atom stereocenters. The highest BCUT2D eigenvalue weighted by Gasteiger charge is 2.37. The van der Waals surface area contributed by atoms with Crippen molar-refractivity contribution in [2.75, 3.05) is 18.0 Å². The molecule has 2 amide bonds. The lowest BCUT2D eigenvalue weighted by Crippen LogP contribution is -2.54. The smallest absolute Gasteiger partial charge is 0.273 e. The molecule has 1 atom stereocenters. The molecule has 14 heteroatoms. The minimum Gasteiger partial charge on any atom is -0.495 e. The van der Waals surface area contributed by atoms with E-state index in [1.165, 1.54) is 49.3 Å². The first-order valence-electron chi connectivity index (χ1n) is 16.4. The fourth-order valence-corrected chi connectivity index (χ4v) is 7.98. The SMILES string of the molecule is COc1ccc(Cl)cc1N(CC(=O)N(Cc1ccccc1Cl)[C@@H](Cc1ccccc1)C(=O)NC1CCCC1)S(=O)(=O)c1ccc(C)c([N+](=O)[O-])c1. The van der Waals surface area contributed by atoms with Crippen LogP contribution in [0.5, 0.6) is 5.75 Å². The average Bonchev–Trinajstić information content (AvgIpc) is 3.62. The largest absolute Gasteiger partial charge is 0.495 e. The Morgan fingerprint density at radius 2 is 1.67 bits per heavy atom. The lowest BCUT2D eigenvalue weighted by Gasteiger charge is -2.34. The van der Waals surface area contributed by atoms with E-state index in [0.717, 1.165) is 41.6 Å². The van der Waals surface area contributed by atoms with Gasteiger partial charge in [0.1, 0.15) is 18.3 Å². The van der Waals surface area contributed by atoms with E-state index in [0.29, 0.717) is 10.6 Å². The van der Waals surface area contributed by atoms with Gasteiger partial charge in [-0.05, 0) is 61.2 Å². The van der Waals surface area contributed by atoms with Crippen LogP contribution < -0.4 is 14.4 Å². The van der Waals surface area contributed by atoms with Gasteiger partial charge >= 0.3 is 0 Å². The number of nitro groups is 1. The van der Waals surface area contributed by atoms with Gasteiger partial charge in [0.15, 0.2) is 0 Å². The summed E-state index contributed by atoms with van der Waals surface area (Å²) < 4.78 is 35.4. The van der Waals surface area contributed by atoms with Crippen molar-refractivity contribution in [2.24, 2.45) is 0 Å². The van der Waals surface area contributed by atoms with Gasteiger partial charge in [0.05, 0.1) is 22.6 Å². The Balaban J connectivity index is 1.64. The predicted octanol–water partition coefficient (Wildman–Crippen LogP) is 7.11. The van der Waals surface area contributed by atoms with Gasteiger partial charge in [-0.25, -0.2) is 8.42 Å². The second-order valence-corrected chi connectivity index (χ2v) is 15.0. The standard InChI is InChI=1S/C37H38Cl2N4O7S/c1-25-16-18-30(22-32(25)43(46)47)51(48,49)42(33-21-28(38)17-19-35(33)50-2)24-36(44)41(23-27-12-6-9-15-31(27)39)34(20-26-10-4-3-5-11-26)37(45)40-29-13-7-8-14-29/h3-6,9-12,15-19,21-22,29,34H,7-8,13-14,20,23-24H2,1-2H3,(H,40,45)/t34-/m0/s1. The number of methoxy groups -OCH3 is 1. The van der Waals surface area contributed by atoms with E-state index >= 15 is 0 Å². The van der Waals surface area contributed by atoms with Crippen LogP contribution in [-0.2, 0) is 32.6 Å². The molecule has 268 valence electrons. The van der Waals surface area contributed by atoms with Gasteiger partial charge in [0.2, 0.25) is 11.8 Å². The van der Waals surface area contributed by atoms with Crippen LogP contribution in [0.4, 0.5) is 11.4 Å². The zero-order chi connectivity index (χ0) is 36.7. The van der Waals surface area contributed by atoms with E-state index < -0.39 is 44.0 Å². The molecule has 4 aromatic carbocycles. The van der Waals surface area contributed by atoms with Gasteiger partial charge in [-0.2, -0.15) is 0 Å². The van der Waals surface area contributed by atoms with Crippen LogP contribution in [0, 0.1) is 17.0 Å². The quantitative estimate of drug-likeness (QED) is 0.107. The maximum Gasteiger partial charge on any atom is 0.273 e. The summed E-state index contributed by atoms with van der Waals surface area (Å²) in [6, 6.07) is 22.8. The molecule has 51 heavy (non-hydrogen) atoms. The number of carbonyl (C=O) groups excluding carboxylic acids is 2. The fourth-order valence-electron chi connectivity index (χ4n) is 6.18. The molecule has 1 saturated carbocycles. The number of hydrogen-bond donors (Lipinski definition) is 1. The minimum absolute atomic E-state index is 0.0574. The van der Waals surface area contributed by atoms with Crippen molar-refractivity contribution in [2.45, 2.75) is 62.6 Å². The van der Waals surface area contributed by atoms with Crippen LogP contribution in [-0.4, -0.2) is 55.8 Å². The van der Waals surface area contributed by atoms with Crippen LogP contribution >= 0.6 is 23.2 Å². The number of nitrogens with zero attached hydrogens (tertiary/aromatic N) is 3. The number of nitro benzene ring substituents is 1. The molecule has 1 aliphatic carbocycles. The zero-order valence-electron chi connectivity index (χ0n) is 28.1. The summed E-state index contributed by atoms with van der Waals surface area (Å²) in [7, 11) is -3.36. The highest BCUT2D eigenvalue weighted by Crippen LogP contribution is 2.36. The highest BCUT2D eigenvalue weighted by molar-refractivity contribution is 7.92. The Bertz CT molecular complexity index is 2010. The zero-order valence-corrected chi connectivity index (χ0v) is 30.5. The summed E-state index contributed by atoms with van der Waals surface area (Å²) in [4.78, 5) is 41.1. The van der Waals surface area contributed by atoms with E-state index in [1.54, 1.807) is 24.3 Å². The molecule has 0 spiro atoms. The third-order valence-corrected chi connectivity index (χ3v) is 11.3. The maximum absolute atomic E-state index is 14.8. The van der Waals surface area contributed by atoms with E-state index in [1.807, 2.05) is 30.3 Å². The van der Waals surface area contributed by atoms with Gasteiger partial charge in [-0.1, -0.05) is 90.6 Å². The van der Waals surface area contributed by atoms with Crippen molar-refractivity contribution in [1.82, 2.24) is 10.2 Å². The molecule has 0 aliphatic heterocycles. The molecule has 0 heterocycles. The lowest BCUT2D eigenvalue weighted by molar-refractivity contribution is -0.385. The second-order valence-electron chi connectivity index (χ2n) is 12.3. The van der Waals surface area contributed by atoms with Gasteiger partial charge < -0.3 is 15.0 Å². The summed E-state index contributed by atoms with van der Waals surface area (Å²) in [5.41, 5.74) is 1.10. The first kappa shape index (κ1) is 37.6. The van der Waals surface area contributed by atoms with E-state index in [2.05, 4.69) is 5.32 Å². The molecule has 0 aromatic heterocycles. The Morgan fingerprint density at radius 3 is 2.33 bits per heavy atom. The Kier molecular flexibility index (Phi) is 12.2. The molecule has 0 radical (unpaired) electrons. The van der Waals surface area contributed by atoms with Gasteiger partial charge in [0.25, 0.3) is 15.7 Å². The molecule has 11 nitrogen and oxygen atoms in total. The Labute approximate surface area is 307 Å². The van der Waals surface area contributed by atoms with Crippen molar-refractivity contribution < 1.29 is 27.7 Å². The lowest BCUT2D eigenvalue weighted by atomic mass is 10.0. The molecule has 1 aliphatic rings. The van der Waals surface area contributed by atoms with Crippen molar-refractivity contribution in [1.29, 1.82) is 0 Å². The van der Waals surface area contributed by atoms with E-state index in [-0.39, 0.29) is 46.9 Å². The first-order valence-corrected chi connectivity index (χ1v) is 18.6. The summed E-state index contributed by atoms with van der Waals surface area (Å²) in [5, 5.41) is 15.5. The number of sulfonamides is 1. The van der Waals surface area contributed by atoms with Crippen molar-refractivity contribution in [3.63, 3.8) is 0 Å². The van der Waals surface area contributed by atoms with Crippen molar-refractivity contribution in [3.05, 3.63) is 128 Å². The minimum atomic E-state index is -4.69. The Hall–Kier alpha value is -4.65. The van der Waals surface area contributed by atoms with Crippen LogP contribution in [0.2, 0.25) is 10.0 Å². The van der Waals surface area contributed by atoms with E-state index in [9.17, 15) is 28.1 Å². The van der Waals surface area contributed by atoms with Gasteiger partial charge in [-0.15, -0.1) is 0 Å². The number of anilines is 1. The van der Waals surface area contributed by atoms with Crippen LogP contribution in [0.25, 0.3) is 0 Å². The van der Waals surface area contributed by atoms with Crippen LogP contribution in [0.1, 0.15) is 42.4 Å². The molecule has 4 aromatic rings. The molecule has 1 N–H and O–H groups in total. The number of benzene rings is 4.